The van der Waals surface area contributed by atoms with E-state index < -0.39 is 47.3 Å². The number of hydrogen-bond acceptors (Lipinski definition) is 14. The molecule has 0 radical (unpaired) electrons. The standard InChI is InChI=1S/C51H41N7O6S3/c1-31-55-56-47(67-31)40(65)29-34-28-39(59)44-42(48(61)58(44)43(34)49(62)64-45(32-18-8-3-9-19-32)33-20-10-4-11-21-33)53-46(60)41(57-63-2)38-30-66-50(52-38)54-51(35-22-12-5-13-23-35,36-24-14-6-15-25-36)37-26-16-7-17-27-37/h3-27,29-30,42,44-45,65H,28H2,1-2H3,(H,52,54)(H,53,60). The molecule has 16 heteroatoms. The maximum atomic E-state index is 14.6. The molecule has 0 saturated carbocycles. The molecule has 2 N–H and O–H groups in total. The molecule has 0 spiro atoms. The Morgan fingerprint density at radius 3 is 1.87 bits per heavy atom. The van der Waals surface area contributed by atoms with Crippen LogP contribution < -0.4 is 10.6 Å². The summed E-state index contributed by atoms with van der Waals surface area (Å²) >= 11 is 7.19. The summed E-state index contributed by atoms with van der Waals surface area (Å²) in [6.07, 6.45) is 0.396. The van der Waals surface area contributed by atoms with Gasteiger partial charge in [0.2, 0.25) is 0 Å². The largest absolute Gasteiger partial charge is 0.448 e. The number of anilines is 1. The number of oxime groups is 1. The highest BCUT2D eigenvalue weighted by Crippen LogP contribution is 2.42. The van der Waals surface area contributed by atoms with Crippen LogP contribution in [0.4, 0.5) is 5.13 Å². The van der Waals surface area contributed by atoms with Crippen molar-refractivity contribution in [2.45, 2.75) is 37.1 Å². The maximum absolute atomic E-state index is 14.6. The Bertz CT molecular complexity index is 2900. The summed E-state index contributed by atoms with van der Waals surface area (Å²) in [6, 6.07) is 45.8. The van der Waals surface area contributed by atoms with Crippen LogP contribution in [0.5, 0.6) is 0 Å². The molecule has 1 saturated heterocycles. The molecule has 2 aliphatic heterocycles. The van der Waals surface area contributed by atoms with Crippen molar-refractivity contribution in [1.82, 2.24) is 25.4 Å². The lowest BCUT2D eigenvalue weighted by Gasteiger charge is -2.49. The Morgan fingerprint density at radius 1 is 0.821 bits per heavy atom. The van der Waals surface area contributed by atoms with E-state index in [2.05, 4.69) is 38.6 Å². The molecule has 2 unspecified atom stereocenters. The van der Waals surface area contributed by atoms with Gasteiger partial charge in [-0.25, -0.2) is 9.78 Å². The number of aromatic nitrogens is 3. The fourth-order valence-corrected chi connectivity index (χ4v) is 10.0. The third-order valence-corrected chi connectivity index (χ3v) is 13.5. The second-order valence-electron chi connectivity index (χ2n) is 15.5. The van der Waals surface area contributed by atoms with Crippen LogP contribution in [0.15, 0.2) is 180 Å². The maximum Gasteiger partial charge on any atom is 0.356 e. The highest BCUT2D eigenvalue weighted by atomic mass is 32.1. The third-order valence-electron chi connectivity index (χ3n) is 11.4. The molecule has 2 aliphatic rings. The first-order chi connectivity index (χ1) is 32.7. The van der Waals surface area contributed by atoms with Gasteiger partial charge in [-0.05, 0) is 46.4 Å². The number of hydrogen-bond donors (Lipinski definition) is 3. The number of benzene rings is 5. The SMILES string of the molecule is CON=C(C(=O)NC1C(=O)N2C(C(=O)OC(c3ccccc3)c3ccccc3)=C(C=C(S)c3nnc(C)s3)CC(=O)C12)c1csc(NC(c2ccccc2)(c2ccccc2)c2ccccc2)n1. The van der Waals surface area contributed by atoms with Crippen molar-refractivity contribution in [2.75, 3.05) is 12.4 Å². The van der Waals surface area contributed by atoms with Crippen LogP contribution in [0.1, 0.15) is 56.1 Å². The number of carbonyl (C=O) groups excluding carboxylic acids is 4. The van der Waals surface area contributed by atoms with E-state index in [1.165, 1.54) is 35.9 Å². The molecular weight excluding hydrogens is 903 g/mol. The van der Waals surface area contributed by atoms with Gasteiger partial charge in [-0.2, -0.15) is 0 Å². The summed E-state index contributed by atoms with van der Waals surface area (Å²) in [4.78, 5) is 68.8. The molecule has 13 nitrogen and oxygen atoms in total. The lowest BCUT2D eigenvalue weighted by molar-refractivity contribution is -0.162. The Balaban J connectivity index is 1.02. The number of ketones is 1. The molecule has 0 bridgehead atoms. The van der Waals surface area contributed by atoms with E-state index in [-0.39, 0.29) is 29.1 Å². The predicted molar refractivity (Wildman–Crippen MR) is 260 cm³/mol. The van der Waals surface area contributed by atoms with Gasteiger partial charge in [-0.1, -0.05) is 168 Å². The average molecular weight is 944 g/mol. The minimum absolute atomic E-state index is 0.149. The molecule has 0 aliphatic carbocycles. The number of carbonyl (C=O) groups is 4. The van der Waals surface area contributed by atoms with E-state index >= 15 is 0 Å². The van der Waals surface area contributed by atoms with Gasteiger partial charge in [-0.3, -0.25) is 19.3 Å². The van der Waals surface area contributed by atoms with E-state index in [1.807, 2.05) is 152 Å². The predicted octanol–water partition coefficient (Wildman–Crippen LogP) is 8.28. The zero-order chi connectivity index (χ0) is 46.5. The summed E-state index contributed by atoms with van der Waals surface area (Å²) in [5.74, 6) is -2.80. The number of rotatable bonds is 15. The Hall–Kier alpha value is -7.53. The van der Waals surface area contributed by atoms with E-state index in [1.54, 1.807) is 12.3 Å². The van der Waals surface area contributed by atoms with Gasteiger partial charge in [0.25, 0.3) is 11.8 Å². The van der Waals surface area contributed by atoms with Crippen LogP contribution in [0.2, 0.25) is 0 Å². The number of aryl methyl sites for hydroxylation is 1. The molecule has 7 aromatic rings. The fourth-order valence-electron chi connectivity index (χ4n) is 8.35. The molecule has 4 heterocycles. The van der Waals surface area contributed by atoms with Gasteiger partial charge < -0.3 is 20.2 Å². The van der Waals surface area contributed by atoms with Crippen molar-refractivity contribution in [3.8, 4) is 0 Å². The lowest BCUT2D eigenvalue weighted by atomic mass is 9.77. The summed E-state index contributed by atoms with van der Waals surface area (Å²) in [5.41, 5.74) is 3.30. The van der Waals surface area contributed by atoms with Crippen molar-refractivity contribution in [3.63, 3.8) is 0 Å². The quantitative estimate of drug-likeness (QED) is 0.0228. The van der Waals surface area contributed by atoms with Crippen molar-refractivity contribution < 1.29 is 28.8 Å². The zero-order valence-electron chi connectivity index (χ0n) is 36.0. The number of nitrogens with one attached hydrogen (secondary N) is 2. The smallest absolute Gasteiger partial charge is 0.356 e. The molecule has 334 valence electrons. The van der Waals surface area contributed by atoms with Gasteiger partial charge in [0, 0.05) is 16.7 Å². The average Bonchev–Trinajstić information content (AvgIpc) is 4.03. The monoisotopic (exact) mass is 943 g/mol. The normalized spacial score (nSPS) is 16.3. The molecule has 2 atom stereocenters. The lowest BCUT2D eigenvalue weighted by Crippen LogP contribution is -2.74. The number of amides is 2. The number of thiazole rings is 1. The zero-order valence-corrected chi connectivity index (χ0v) is 38.5. The number of allylic oxidation sites excluding steroid dienone is 2. The first-order valence-corrected chi connectivity index (χ1v) is 23.2. The van der Waals surface area contributed by atoms with Crippen LogP contribution in [0, 0.1) is 6.92 Å². The van der Waals surface area contributed by atoms with Crippen LogP contribution >= 0.6 is 35.3 Å². The van der Waals surface area contributed by atoms with E-state index in [4.69, 9.17) is 14.6 Å². The number of ether oxygens (including phenoxy) is 1. The summed E-state index contributed by atoms with van der Waals surface area (Å²) in [7, 11) is 1.29. The second kappa shape index (κ2) is 19.5. The topological polar surface area (TPSA) is 165 Å². The second-order valence-corrected chi connectivity index (χ2v) is 18.0. The number of β-lactam (4-membered cyclic amide) rings is 1. The Labute approximate surface area is 399 Å². The number of nitrogens with zero attached hydrogens (tertiary/aromatic N) is 5. The molecule has 1 fully saturated rings. The number of Topliss-reactive ketones (excluding diaryl/α,β-unsaturated/α-hetero) is 1. The number of fused-ring (bicyclic) bond motifs is 1. The van der Waals surface area contributed by atoms with E-state index in [9.17, 15) is 19.2 Å². The van der Waals surface area contributed by atoms with Crippen molar-refractivity contribution >= 4 is 74.6 Å². The van der Waals surface area contributed by atoms with Gasteiger partial charge >= 0.3 is 5.97 Å². The summed E-state index contributed by atoms with van der Waals surface area (Å²) in [5, 5.41) is 22.0. The highest BCUT2D eigenvalue weighted by molar-refractivity contribution is 7.90. The van der Waals surface area contributed by atoms with E-state index in [0.29, 0.717) is 31.2 Å². The molecule has 2 aromatic heterocycles. The van der Waals surface area contributed by atoms with Gasteiger partial charge in [0.1, 0.15) is 41.1 Å². The fraction of sp³-hybridized carbons (Fsp3) is 0.137. The van der Waals surface area contributed by atoms with Crippen molar-refractivity contribution in [1.29, 1.82) is 0 Å². The van der Waals surface area contributed by atoms with Gasteiger partial charge in [0.15, 0.2) is 27.7 Å². The van der Waals surface area contributed by atoms with Crippen LogP contribution in [-0.4, -0.2) is 68.6 Å². The van der Waals surface area contributed by atoms with Gasteiger partial charge in [0.05, 0.1) is 0 Å². The first kappa shape index (κ1) is 44.7. The molecule has 2 amide bonds. The van der Waals surface area contributed by atoms with Crippen molar-refractivity contribution in [2.24, 2.45) is 5.16 Å². The molecule has 5 aromatic carbocycles. The summed E-state index contributed by atoms with van der Waals surface area (Å²) < 4.78 is 6.27. The highest BCUT2D eigenvalue weighted by Gasteiger charge is 2.58. The molecule has 9 rings (SSSR count). The first-order valence-electron chi connectivity index (χ1n) is 21.1. The van der Waals surface area contributed by atoms with Crippen LogP contribution in [0.3, 0.4) is 0 Å². The van der Waals surface area contributed by atoms with Crippen LogP contribution in [-0.2, 0) is 34.3 Å². The molecular formula is C51H41N7O6S3. The molecule has 67 heavy (non-hydrogen) atoms. The Kier molecular flexibility index (Phi) is 13.0. The Morgan fingerprint density at radius 2 is 1.36 bits per heavy atom. The summed E-state index contributed by atoms with van der Waals surface area (Å²) in [6.45, 7) is 1.79. The number of thiol groups is 1. The van der Waals surface area contributed by atoms with E-state index in [0.717, 1.165) is 21.6 Å². The van der Waals surface area contributed by atoms with Gasteiger partial charge in [-0.15, -0.1) is 34.2 Å². The minimum atomic E-state index is -1.35. The minimum Gasteiger partial charge on any atom is -0.448 e. The third kappa shape index (κ3) is 8.93. The van der Waals surface area contributed by atoms with Crippen LogP contribution in [0.25, 0.3) is 4.91 Å². The number of esters is 1. The van der Waals surface area contributed by atoms with Crippen molar-refractivity contribution in [3.05, 3.63) is 218 Å².